The summed E-state index contributed by atoms with van der Waals surface area (Å²) in [4.78, 5) is 0. The minimum absolute atomic E-state index is 0.197. The van der Waals surface area contributed by atoms with Crippen LogP contribution in [0.25, 0.3) is 0 Å². The van der Waals surface area contributed by atoms with E-state index >= 15 is 0 Å². The molecule has 0 unspecified atom stereocenters. The molecule has 158 valence electrons. The van der Waals surface area contributed by atoms with E-state index in [1.807, 2.05) is 45.0 Å². The van der Waals surface area contributed by atoms with Crippen LogP contribution in [0.2, 0.25) is 0 Å². The maximum atomic E-state index is 6.06. The fraction of sp³-hybridized carbons (Fsp3) is 0.333. The Morgan fingerprint density at radius 2 is 1.23 bits per heavy atom. The van der Waals surface area contributed by atoms with Crippen molar-refractivity contribution in [2.24, 2.45) is 0 Å². The second-order valence-corrected chi connectivity index (χ2v) is 12.5. The van der Waals surface area contributed by atoms with E-state index in [0.29, 0.717) is 0 Å². The maximum absolute atomic E-state index is 6.06. The van der Waals surface area contributed by atoms with Crippen LogP contribution < -0.4 is 30.7 Å². The van der Waals surface area contributed by atoms with Crippen LogP contribution in [0.3, 0.4) is 0 Å². The van der Waals surface area contributed by atoms with Crippen LogP contribution in [-0.4, -0.2) is 5.60 Å². The van der Waals surface area contributed by atoms with Gasteiger partial charge in [0.2, 0.25) is 0 Å². The Labute approximate surface area is 191 Å². The molecule has 0 radical (unpaired) electrons. The Bertz CT molecular complexity index is 975. The van der Waals surface area contributed by atoms with Gasteiger partial charge in [-0.3, -0.25) is 0 Å². The van der Waals surface area contributed by atoms with Gasteiger partial charge in [-0.1, -0.05) is 32.9 Å². The number of hydrogen-bond acceptors (Lipinski definition) is 2. The summed E-state index contributed by atoms with van der Waals surface area (Å²) < 4.78 is 14.8. The van der Waals surface area contributed by atoms with Gasteiger partial charge in [-0.05, 0) is 93.3 Å². The van der Waals surface area contributed by atoms with Gasteiger partial charge in [-0.2, -0.15) is 0 Å². The first-order valence-corrected chi connectivity index (χ1v) is 12.5. The minimum Gasteiger partial charge on any atom is -0.488 e. The van der Waals surface area contributed by atoms with Crippen LogP contribution >= 0.6 is 0 Å². The molecular weight excluding hydrogens is 483 g/mol. The molecule has 0 aliphatic heterocycles. The van der Waals surface area contributed by atoms with Crippen LogP contribution in [0.5, 0.6) is 17.2 Å². The van der Waals surface area contributed by atoms with Crippen LogP contribution in [-0.2, 0) is 5.41 Å². The molecule has 0 bridgehead atoms. The number of rotatable bonds is 5. The highest BCUT2D eigenvalue weighted by molar-refractivity contribution is 5.36. The van der Waals surface area contributed by atoms with Gasteiger partial charge in [-0.25, -0.2) is 0 Å². The predicted octanol–water partition coefficient (Wildman–Crippen LogP) is 4.39. The molecule has 3 aromatic carbocycles. The fourth-order valence-corrected chi connectivity index (χ4v) is 5.31. The van der Waals surface area contributed by atoms with E-state index in [1.54, 1.807) is 0 Å². The maximum Gasteiger partial charge on any atom is 0.358 e. The van der Waals surface area contributed by atoms with Gasteiger partial charge in [0.15, 0.2) is 7.14 Å². The third-order valence-electron chi connectivity index (χ3n) is 4.53. The quantitative estimate of drug-likeness (QED) is 0.470. The van der Waals surface area contributed by atoms with E-state index < -0.39 is 0 Å². The molecule has 0 atom stereocenters. The van der Waals surface area contributed by atoms with E-state index in [2.05, 4.69) is 70.2 Å². The van der Waals surface area contributed by atoms with E-state index in [9.17, 15) is 0 Å². The molecule has 3 aromatic rings. The lowest BCUT2D eigenvalue weighted by Crippen LogP contribution is -3.61. The minimum atomic E-state index is -0.206. The fourth-order valence-electron chi connectivity index (χ4n) is 2.98. The zero-order chi connectivity index (χ0) is 21.9. The van der Waals surface area contributed by atoms with Crippen LogP contribution in [0.4, 0.5) is 0 Å². The van der Waals surface area contributed by atoms with Crippen molar-refractivity contribution in [2.45, 2.75) is 59.5 Å². The Morgan fingerprint density at radius 3 is 1.77 bits per heavy atom. The van der Waals surface area contributed by atoms with Gasteiger partial charge < -0.3 is 9.47 Å². The smallest absolute Gasteiger partial charge is 0.358 e. The summed E-state index contributed by atoms with van der Waals surface area (Å²) in [6, 6.07) is 23.4. The van der Waals surface area contributed by atoms with Crippen molar-refractivity contribution in [3.63, 3.8) is 0 Å². The van der Waals surface area contributed by atoms with Gasteiger partial charge in [-0.15, -0.1) is 0 Å². The molecule has 0 aromatic heterocycles. The van der Waals surface area contributed by atoms with E-state index in [1.165, 1.54) is 18.3 Å². The van der Waals surface area contributed by atoms with Gasteiger partial charge >= 0.3 is 21.2 Å². The average molecular weight is 515 g/mol. The lowest BCUT2D eigenvalue weighted by molar-refractivity contribution is -0.598. The van der Waals surface area contributed by atoms with Crippen LogP contribution in [0.1, 0.15) is 52.7 Å². The zero-order valence-corrected chi connectivity index (χ0v) is 21.2. The first-order chi connectivity index (χ1) is 14.0. The molecule has 0 saturated heterocycles. The predicted molar refractivity (Wildman–Crippen MR) is 121 cm³/mol. The summed E-state index contributed by atoms with van der Waals surface area (Å²) in [6.07, 6.45) is 0. The normalized spacial score (nSPS) is 12.0. The molecule has 3 heteroatoms. The van der Waals surface area contributed by atoms with E-state index in [0.717, 1.165) is 17.2 Å². The molecule has 3 rings (SSSR count). The molecule has 0 spiro atoms. The highest BCUT2D eigenvalue weighted by atomic mass is 127. The highest BCUT2D eigenvalue weighted by Gasteiger charge is 2.21. The van der Waals surface area contributed by atoms with E-state index in [-0.39, 0.29) is 32.2 Å². The molecule has 30 heavy (non-hydrogen) atoms. The summed E-state index contributed by atoms with van der Waals surface area (Å²) in [5, 5.41) is 0. The van der Waals surface area contributed by atoms with E-state index in [4.69, 9.17) is 9.47 Å². The monoisotopic (exact) mass is 515 g/mol. The highest BCUT2D eigenvalue weighted by Crippen LogP contribution is 2.26. The molecule has 0 aliphatic carbocycles. The molecule has 0 saturated carbocycles. The number of hydrogen-bond donors (Lipinski definition) is 0. The topological polar surface area (TPSA) is 18.5 Å². The lowest BCUT2D eigenvalue weighted by Gasteiger charge is -2.21. The Morgan fingerprint density at radius 1 is 0.667 bits per heavy atom. The number of ether oxygens (including phenoxy) is 2. The molecule has 0 amide bonds. The summed E-state index contributed by atoms with van der Waals surface area (Å²) in [5.41, 5.74) is 2.66. The van der Waals surface area contributed by atoms with Crippen molar-refractivity contribution in [3.8, 4) is 17.2 Å². The Balaban J connectivity index is 1.66. The third-order valence-corrected chi connectivity index (χ3v) is 7.67. The number of benzene rings is 3. The summed E-state index contributed by atoms with van der Waals surface area (Å²) in [5.74, 6) is 2.53. The second-order valence-electron chi connectivity index (χ2n) is 9.55. The summed E-state index contributed by atoms with van der Waals surface area (Å²) in [7, 11) is 0. The largest absolute Gasteiger partial charge is 0.488 e. The number of aryl methyl sites for hydroxylation is 1. The van der Waals surface area contributed by atoms with Gasteiger partial charge in [0.1, 0.15) is 22.8 Å². The zero-order valence-electron chi connectivity index (χ0n) is 19.0. The first-order valence-electron chi connectivity index (χ1n) is 10.3. The third kappa shape index (κ3) is 6.49. The van der Waals surface area contributed by atoms with Crippen molar-refractivity contribution in [2.75, 3.05) is 0 Å². The first kappa shape index (κ1) is 22.7. The van der Waals surface area contributed by atoms with Crippen molar-refractivity contribution < 1.29 is 30.7 Å². The summed E-state index contributed by atoms with van der Waals surface area (Å²) >= 11 is -0.206. The van der Waals surface area contributed by atoms with Crippen molar-refractivity contribution in [3.05, 3.63) is 85.0 Å². The van der Waals surface area contributed by atoms with Crippen LogP contribution in [0.15, 0.2) is 66.7 Å². The SMILES string of the molecule is Cc1cc(Oc2ccc(OC(C)(C)C)cc2)ccc1[I+]c1ccc(C(C)(C)C)cc1. The van der Waals surface area contributed by atoms with Crippen molar-refractivity contribution in [1.29, 1.82) is 0 Å². The standard InChI is InChI=1S/C27H32IO2/c1-19-18-24(29-22-12-14-23(15-13-22)30-27(5,6)7)16-17-25(19)28-21-10-8-20(9-11-21)26(2,3)4/h8-18H,1-7H3/q+1. The molecule has 0 N–H and O–H groups in total. The van der Waals surface area contributed by atoms with Crippen molar-refractivity contribution in [1.82, 2.24) is 0 Å². The molecule has 2 nitrogen and oxygen atoms in total. The van der Waals surface area contributed by atoms with Crippen molar-refractivity contribution >= 4 is 0 Å². The Kier molecular flexibility index (Phi) is 6.81. The molecule has 0 aliphatic rings. The molecule has 0 heterocycles. The molecular formula is C27H32IO2+. The Hall–Kier alpha value is -2.01. The average Bonchev–Trinajstić information content (AvgIpc) is 2.64. The van der Waals surface area contributed by atoms with Gasteiger partial charge in [0.25, 0.3) is 0 Å². The summed E-state index contributed by atoms with van der Waals surface area (Å²) in [6.45, 7) is 15.1. The second kappa shape index (κ2) is 9.01. The van der Waals surface area contributed by atoms with Gasteiger partial charge in [0.05, 0.1) is 0 Å². The lowest BCUT2D eigenvalue weighted by atomic mass is 9.87. The van der Waals surface area contributed by atoms with Crippen LogP contribution in [0, 0.1) is 14.1 Å². The molecule has 0 fully saturated rings. The van der Waals surface area contributed by atoms with Gasteiger partial charge in [0, 0.05) is 5.56 Å². The number of halogens is 1.